The average molecular weight is 327 g/mol. The van der Waals surface area contributed by atoms with Crippen molar-refractivity contribution in [1.29, 1.82) is 0 Å². The molecule has 21 heavy (non-hydrogen) atoms. The fourth-order valence-corrected chi connectivity index (χ4v) is 4.26. The van der Waals surface area contributed by atoms with Crippen LogP contribution in [-0.4, -0.2) is 15.0 Å². The predicted molar refractivity (Wildman–Crippen MR) is 83.7 cm³/mol. The molecule has 3 nitrogen and oxygen atoms in total. The lowest BCUT2D eigenvalue weighted by molar-refractivity contribution is 0.580. The van der Waals surface area contributed by atoms with Crippen molar-refractivity contribution in [3.05, 3.63) is 51.5 Å². The highest BCUT2D eigenvalue weighted by molar-refractivity contribution is 7.89. The molecule has 2 aromatic rings. The minimum Gasteiger partial charge on any atom is -0.211 e. The van der Waals surface area contributed by atoms with Gasteiger partial charge in [-0.05, 0) is 60.5 Å². The number of thiophene rings is 1. The molecule has 0 bridgehead atoms. The maximum absolute atomic E-state index is 12.8. The van der Waals surface area contributed by atoms with Gasteiger partial charge in [-0.2, -0.15) is 0 Å². The van der Waals surface area contributed by atoms with Gasteiger partial charge >= 0.3 is 0 Å². The molecule has 0 fully saturated rings. The van der Waals surface area contributed by atoms with Crippen LogP contribution in [0.4, 0.5) is 4.39 Å². The first-order valence-electron chi connectivity index (χ1n) is 6.75. The van der Waals surface area contributed by atoms with Gasteiger partial charge in [0.15, 0.2) is 0 Å². The van der Waals surface area contributed by atoms with Crippen molar-refractivity contribution in [3.63, 3.8) is 0 Å². The fraction of sp³-hybridized carbons (Fsp3) is 0.333. The molecule has 1 aromatic heterocycles. The highest BCUT2D eigenvalue weighted by atomic mass is 32.2. The third-order valence-electron chi connectivity index (χ3n) is 3.35. The number of sulfonamides is 1. The molecule has 1 heterocycles. The fourth-order valence-electron chi connectivity index (χ4n) is 2.23. The van der Waals surface area contributed by atoms with E-state index in [9.17, 15) is 12.8 Å². The summed E-state index contributed by atoms with van der Waals surface area (Å²) in [6.45, 7) is 4.51. The maximum Gasteiger partial charge on any atom is 0.240 e. The van der Waals surface area contributed by atoms with Crippen molar-refractivity contribution in [2.24, 2.45) is 0 Å². The van der Waals surface area contributed by atoms with Crippen LogP contribution in [0.25, 0.3) is 0 Å². The molecule has 0 amide bonds. The molecule has 0 radical (unpaired) electrons. The molecule has 114 valence electrons. The maximum atomic E-state index is 12.8. The van der Waals surface area contributed by atoms with Gasteiger partial charge in [-0.15, -0.1) is 11.3 Å². The molecule has 1 aromatic carbocycles. The number of benzene rings is 1. The molecular weight excluding hydrogens is 309 g/mol. The summed E-state index contributed by atoms with van der Waals surface area (Å²) in [4.78, 5) is 1.37. The summed E-state index contributed by atoms with van der Waals surface area (Å²) in [7, 11) is -3.57. The highest BCUT2D eigenvalue weighted by Gasteiger charge is 2.14. The zero-order valence-corrected chi connectivity index (χ0v) is 13.7. The van der Waals surface area contributed by atoms with Crippen LogP contribution in [0.15, 0.2) is 34.5 Å². The summed E-state index contributed by atoms with van der Waals surface area (Å²) in [6.07, 6.45) is 1.61. The van der Waals surface area contributed by atoms with E-state index < -0.39 is 15.8 Å². The van der Waals surface area contributed by atoms with Crippen molar-refractivity contribution >= 4 is 21.4 Å². The second-order valence-electron chi connectivity index (χ2n) is 4.75. The number of rotatable bonds is 6. The van der Waals surface area contributed by atoms with E-state index in [1.54, 1.807) is 11.3 Å². The van der Waals surface area contributed by atoms with Crippen LogP contribution in [0.1, 0.15) is 22.9 Å². The van der Waals surface area contributed by atoms with Crippen molar-refractivity contribution < 1.29 is 12.8 Å². The molecule has 0 aliphatic rings. The van der Waals surface area contributed by atoms with Crippen LogP contribution >= 0.6 is 11.3 Å². The van der Waals surface area contributed by atoms with Crippen molar-refractivity contribution in [2.75, 3.05) is 6.54 Å². The lowest BCUT2D eigenvalue weighted by atomic mass is 10.1. The first kappa shape index (κ1) is 16.1. The zero-order chi connectivity index (χ0) is 15.5. The van der Waals surface area contributed by atoms with Crippen LogP contribution in [0, 0.1) is 12.7 Å². The number of halogens is 1. The number of aryl methyl sites for hydroxylation is 1. The molecule has 6 heteroatoms. The van der Waals surface area contributed by atoms with Gasteiger partial charge in [0.1, 0.15) is 5.82 Å². The van der Waals surface area contributed by atoms with Gasteiger partial charge in [0.2, 0.25) is 10.0 Å². The third-order valence-corrected chi connectivity index (χ3v) is 5.83. The van der Waals surface area contributed by atoms with Gasteiger partial charge in [-0.3, -0.25) is 0 Å². The number of hydrogen-bond acceptors (Lipinski definition) is 3. The molecule has 0 saturated carbocycles. The van der Waals surface area contributed by atoms with E-state index in [2.05, 4.69) is 23.9 Å². The molecular formula is C15H18FNO2S2. The SMILES string of the molecule is CCc1c(CCNS(=O)(=O)c2ccc(F)cc2)csc1C. The van der Waals surface area contributed by atoms with Gasteiger partial charge in [-0.25, -0.2) is 17.5 Å². The van der Waals surface area contributed by atoms with Crippen LogP contribution < -0.4 is 4.72 Å². The standard InChI is InChI=1S/C15H18FNO2S2/c1-3-15-11(2)20-10-12(15)8-9-17-21(18,19)14-6-4-13(16)5-7-14/h4-7,10,17H,3,8-9H2,1-2H3. The van der Waals surface area contributed by atoms with E-state index in [4.69, 9.17) is 0 Å². The molecule has 0 aliphatic heterocycles. The molecule has 0 spiro atoms. The summed E-state index contributed by atoms with van der Waals surface area (Å²) in [6, 6.07) is 4.83. The molecule has 2 rings (SSSR count). The Morgan fingerprint density at radius 3 is 2.52 bits per heavy atom. The van der Waals surface area contributed by atoms with Gasteiger partial charge < -0.3 is 0 Å². The van der Waals surface area contributed by atoms with Crippen LogP contribution in [0.3, 0.4) is 0 Å². The summed E-state index contributed by atoms with van der Waals surface area (Å²) in [5.41, 5.74) is 2.50. The number of nitrogens with one attached hydrogen (secondary N) is 1. The van der Waals surface area contributed by atoms with E-state index in [0.29, 0.717) is 13.0 Å². The van der Waals surface area contributed by atoms with Crippen molar-refractivity contribution in [1.82, 2.24) is 4.72 Å². The summed E-state index contributed by atoms with van der Waals surface area (Å²) in [5, 5.41) is 2.08. The van der Waals surface area contributed by atoms with E-state index >= 15 is 0 Å². The molecule has 0 saturated heterocycles. The first-order chi connectivity index (χ1) is 9.94. The smallest absolute Gasteiger partial charge is 0.211 e. The molecule has 0 unspecified atom stereocenters. The third kappa shape index (κ3) is 3.90. The van der Waals surface area contributed by atoms with Gasteiger partial charge in [-0.1, -0.05) is 6.92 Å². The molecule has 0 atom stereocenters. The van der Waals surface area contributed by atoms with Crippen molar-refractivity contribution in [2.45, 2.75) is 31.6 Å². The first-order valence-corrected chi connectivity index (χ1v) is 9.11. The number of hydrogen-bond donors (Lipinski definition) is 1. The average Bonchev–Trinajstić information content (AvgIpc) is 2.79. The summed E-state index contributed by atoms with van der Waals surface area (Å²) < 4.78 is 39.5. The van der Waals surface area contributed by atoms with Crippen LogP contribution in [0.5, 0.6) is 0 Å². The van der Waals surface area contributed by atoms with Crippen LogP contribution in [0.2, 0.25) is 0 Å². The highest BCUT2D eigenvalue weighted by Crippen LogP contribution is 2.22. The monoisotopic (exact) mass is 327 g/mol. The Hall–Kier alpha value is -1.24. The molecule has 0 aliphatic carbocycles. The van der Waals surface area contributed by atoms with Gasteiger partial charge in [0.05, 0.1) is 4.90 Å². The Morgan fingerprint density at radius 1 is 1.24 bits per heavy atom. The lowest BCUT2D eigenvalue weighted by Crippen LogP contribution is -2.26. The van der Waals surface area contributed by atoms with E-state index in [-0.39, 0.29) is 4.90 Å². The normalized spacial score (nSPS) is 11.8. The quantitative estimate of drug-likeness (QED) is 0.885. The molecule has 1 N–H and O–H groups in total. The summed E-state index contributed by atoms with van der Waals surface area (Å²) >= 11 is 1.69. The Morgan fingerprint density at radius 2 is 1.90 bits per heavy atom. The van der Waals surface area contributed by atoms with Crippen molar-refractivity contribution in [3.8, 4) is 0 Å². The minimum absolute atomic E-state index is 0.0844. The van der Waals surface area contributed by atoms with E-state index in [1.165, 1.54) is 28.1 Å². The van der Waals surface area contributed by atoms with Gasteiger partial charge in [0.25, 0.3) is 0 Å². The summed E-state index contributed by atoms with van der Waals surface area (Å²) in [5.74, 6) is -0.449. The van der Waals surface area contributed by atoms with Crippen LogP contribution in [-0.2, 0) is 22.9 Å². The largest absolute Gasteiger partial charge is 0.240 e. The Bertz CT molecular complexity index is 706. The Balaban J connectivity index is 2.00. The second kappa shape index (κ2) is 6.68. The Labute approximate surface area is 128 Å². The topological polar surface area (TPSA) is 46.2 Å². The lowest BCUT2D eigenvalue weighted by Gasteiger charge is -2.07. The van der Waals surface area contributed by atoms with E-state index in [0.717, 1.165) is 18.6 Å². The predicted octanol–water partition coefficient (Wildman–Crippen LogP) is 3.28. The second-order valence-corrected chi connectivity index (χ2v) is 7.60. The Kier molecular flexibility index (Phi) is 5.13. The van der Waals surface area contributed by atoms with Gasteiger partial charge in [0, 0.05) is 11.4 Å². The van der Waals surface area contributed by atoms with E-state index in [1.807, 2.05) is 0 Å². The minimum atomic E-state index is -3.57. The zero-order valence-electron chi connectivity index (χ0n) is 12.0.